The number of benzene rings is 3. The van der Waals surface area contributed by atoms with Crippen LogP contribution in [0.5, 0.6) is 5.75 Å². The molecule has 206 valence electrons. The highest BCUT2D eigenvalue weighted by atomic mass is 16.5. The van der Waals surface area contributed by atoms with E-state index in [4.69, 9.17) is 19.6 Å². The second-order valence-electron chi connectivity index (χ2n) is 9.07. The number of nitrogens with two attached hydrogens (primary N) is 1. The van der Waals surface area contributed by atoms with Crippen LogP contribution in [0.2, 0.25) is 0 Å². The highest BCUT2D eigenvalue weighted by Gasteiger charge is 2.27. The lowest BCUT2D eigenvalue weighted by molar-refractivity contribution is -0.128. The summed E-state index contributed by atoms with van der Waals surface area (Å²) in [7, 11) is 1.49. The Bertz CT molecular complexity index is 1540. The normalized spacial score (nSPS) is 12.2. The van der Waals surface area contributed by atoms with Gasteiger partial charge in [-0.1, -0.05) is 60.7 Å². The second-order valence-corrected chi connectivity index (χ2v) is 9.07. The van der Waals surface area contributed by atoms with Crippen LogP contribution in [0.3, 0.4) is 0 Å². The molecule has 0 aliphatic carbocycles. The van der Waals surface area contributed by atoms with Gasteiger partial charge in [-0.2, -0.15) is 0 Å². The Labute approximate surface area is 230 Å². The van der Waals surface area contributed by atoms with E-state index in [0.717, 1.165) is 11.1 Å². The molecule has 0 saturated carbocycles. The molecule has 0 unspecified atom stereocenters. The summed E-state index contributed by atoms with van der Waals surface area (Å²) in [6, 6.07) is 22.1. The van der Waals surface area contributed by atoms with E-state index >= 15 is 0 Å². The summed E-state index contributed by atoms with van der Waals surface area (Å²) in [6.45, 7) is 0.0186. The summed E-state index contributed by atoms with van der Waals surface area (Å²) >= 11 is 0. The van der Waals surface area contributed by atoms with Crippen molar-refractivity contribution in [1.29, 1.82) is 0 Å². The molecule has 4 rings (SSSR count). The molecule has 0 spiro atoms. The van der Waals surface area contributed by atoms with Crippen molar-refractivity contribution in [2.24, 2.45) is 5.73 Å². The number of carbonyl (C=O) groups is 3. The summed E-state index contributed by atoms with van der Waals surface area (Å²) in [6.07, 6.45) is -0.737. The van der Waals surface area contributed by atoms with Crippen molar-refractivity contribution in [3.8, 4) is 5.75 Å². The molecular formula is C30H29N3O7. The van der Waals surface area contributed by atoms with Gasteiger partial charge in [-0.3, -0.25) is 9.59 Å². The number of hydrogen-bond acceptors (Lipinski definition) is 7. The zero-order chi connectivity index (χ0) is 28.5. The molecule has 10 heteroatoms. The van der Waals surface area contributed by atoms with Gasteiger partial charge in [0.05, 0.1) is 7.11 Å². The maximum Gasteiger partial charge on any atom is 0.408 e. The fourth-order valence-electron chi connectivity index (χ4n) is 4.19. The minimum Gasteiger partial charge on any atom is -0.497 e. The minimum absolute atomic E-state index is 0.0186. The first kappa shape index (κ1) is 27.9. The van der Waals surface area contributed by atoms with Gasteiger partial charge in [0.1, 0.15) is 30.0 Å². The molecule has 0 aliphatic rings. The number of methoxy groups -OCH3 is 1. The van der Waals surface area contributed by atoms with Gasteiger partial charge in [-0.25, -0.2) is 9.59 Å². The Morgan fingerprint density at radius 1 is 0.850 bits per heavy atom. The molecule has 40 heavy (non-hydrogen) atoms. The summed E-state index contributed by atoms with van der Waals surface area (Å²) in [5.74, 6) is -0.965. The number of amides is 3. The number of fused-ring (bicyclic) bond motifs is 1. The van der Waals surface area contributed by atoms with Crippen molar-refractivity contribution >= 4 is 28.9 Å². The van der Waals surface area contributed by atoms with Crippen LogP contribution in [0.25, 0.3) is 11.0 Å². The van der Waals surface area contributed by atoms with Crippen LogP contribution >= 0.6 is 0 Å². The standard InChI is InChI=1S/C30H29N3O7/c1-38-22-12-13-23-21(16-27(34)40-26(23)17-22)15-24(28(31)35)32-29(36)25(14-19-8-4-2-5-9-19)33-30(37)39-18-20-10-6-3-7-11-20/h2-13,16-17,24-25H,14-15,18H2,1H3,(H2,31,35)(H,32,36)(H,33,37)/t24-,25-/m1/s1. The monoisotopic (exact) mass is 543 g/mol. The van der Waals surface area contributed by atoms with Crippen LogP contribution in [-0.4, -0.2) is 37.1 Å². The van der Waals surface area contributed by atoms with Crippen LogP contribution in [0.1, 0.15) is 16.7 Å². The lowest BCUT2D eigenvalue weighted by atomic mass is 10.0. The molecule has 3 amide bonds. The van der Waals surface area contributed by atoms with Crippen molar-refractivity contribution in [2.45, 2.75) is 31.5 Å². The van der Waals surface area contributed by atoms with Gasteiger partial charge in [-0.15, -0.1) is 0 Å². The third kappa shape index (κ3) is 7.47. The molecule has 10 nitrogen and oxygen atoms in total. The van der Waals surface area contributed by atoms with Crippen LogP contribution in [-0.2, 0) is 33.8 Å². The molecule has 0 radical (unpaired) electrons. The Balaban J connectivity index is 1.52. The van der Waals surface area contributed by atoms with Crippen LogP contribution in [0.4, 0.5) is 4.79 Å². The molecule has 0 aliphatic heterocycles. The van der Waals surface area contributed by atoms with Crippen molar-refractivity contribution < 1.29 is 28.3 Å². The number of alkyl carbamates (subject to hydrolysis) is 1. The lowest BCUT2D eigenvalue weighted by Crippen LogP contribution is -2.54. The van der Waals surface area contributed by atoms with Gasteiger partial charge < -0.3 is 30.3 Å². The summed E-state index contributed by atoms with van der Waals surface area (Å²) in [5.41, 5.74) is 7.29. The molecule has 0 fully saturated rings. The summed E-state index contributed by atoms with van der Waals surface area (Å²) in [5, 5.41) is 5.78. The van der Waals surface area contributed by atoms with E-state index in [2.05, 4.69) is 10.6 Å². The first-order valence-electron chi connectivity index (χ1n) is 12.5. The van der Waals surface area contributed by atoms with Crippen LogP contribution in [0.15, 0.2) is 94.1 Å². The van der Waals surface area contributed by atoms with E-state index in [9.17, 15) is 19.2 Å². The predicted molar refractivity (Wildman–Crippen MR) is 148 cm³/mol. The van der Waals surface area contributed by atoms with Crippen molar-refractivity contribution in [1.82, 2.24) is 10.6 Å². The Morgan fingerprint density at radius 3 is 2.17 bits per heavy atom. The minimum atomic E-state index is -1.18. The maximum absolute atomic E-state index is 13.4. The Kier molecular flexibility index (Phi) is 9.14. The van der Waals surface area contributed by atoms with E-state index in [1.165, 1.54) is 13.2 Å². The average Bonchev–Trinajstić information content (AvgIpc) is 2.95. The zero-order valence-electron chi connectivity index (χ0n) is 21.8. The topological polar surface area (TPSA) is 150 Å². The van der Waals surface area contributed by atoms with Crippen LogP contribution in [0, 0.1) is 0 Å². The molecule has 2 atom stereocenters. The van der Waals surface area contributed by atoms with Crippen molar-refractivity contribution in [2.75, 3.05) is 7.11 Å². The molecule has 4 N–H and O–H groups in total. The second kappa shape index (κ2) is 13.1. The molecule has 1 heterocycles. The number of ether oxygens (including phenoxy) is 2. The van der Waals surface area contributed by atoms with Crippen LogP contribution < -0.4 is 26.7 Å². The predicted octanol–water partition coefficient (Wildman–Crippen LogP) is 2.85. The van der Waals surface area contributed by atoms with Gasteiger partial charge in [-0.05, 0) is 28.8 Å². The van der Waals surface area contributed by atoms with Gasteiger partial charge in [0.25, 0.3) is 0 Å². The van der Waals surface area contributed by atoms with E-state index in [-0.39, 0.29) is 25.0 Å². The van der Waals surface area contributed by atoms with E-state index in [1.807, 2.05) is 60.7 Å². The van der Waals surface area contributed by atoms with Gasteiger partial charge in [0.15, 0.2) is 0 Å². The third-order valence-electron chi connectivity index (χ3n) is 6.23. The Hall–Kier alpha value is -5.12. The van der Waals surface area contributed by atoms with Gasteiger partial charge in [0.2, 0.25) is 11.8 Å². The summed E-state index contributed by atoms with van der Waals surface area (Å²) in [4.78, 5) is 50.6. The molecule has 3 aromatic carbocycles. The smallest absolute Gasteiger partial charge is 0.408 e. The van der Waals surface area contributed by atoms with E-state index < -0.39 is 35.6 Å². The van der Waals surface area contributed by atoms with Crippen molar-refractivity contribution in [3.05, 3.63) is 112 Å². The number of hydrogen-bond donors (Lipinski definition) is 3. The van der Waals surface area contributed by atoms with Gasteiger partial charge in [0, 0.05) is 30.4 Å². The maximum atomic E-state index is 13.4. The number of nitrogens with one attached hydrogen (secondary N) is 2. The number of primary amides is 1. The third-order valence-corrected chi connectivity index (χ3v) is 6.23. The molecule has 0 bridgehead atoms. The highest BCUT2D eigenvalue weighted by Crippen LogP contribution is 2.23. The molecule has 0 saturated heterocycles. The number of rotatable bonds is 11. The van der Waals surface area contributed by atoms with Crippen molar-refractivity contribution in [3.63, 3.8) is 0 Å². The van der Waals surface area contributed by atoms with E-state index in [0.29, 0.717) is 16.7 Å². The average molecular weight is 544 g/mol. The SMILES string of the molecule is COc1ccc2c(C[C@@H](NC(=O)[C@@H](Cc3ccccc3)NC(=O)OCc3ccccc3)C(N)=O)cc(=O)oc2c1. The highest BCUT2D eigenvalue weighted by molar-refractivity contribution is 5.91. The van der Waals surface area contributed by atoms with E-state index in [1.54, 1.807) is 18.2 Å². The molecule has 1 aromatic heterocycles. The Morgan fingerprint density at radius 2 is 1.52 bits per heavy atom. The van der Waals surface area contributed by atoms with Gasteiger partial charge >= 0.3 is 11.7 Å². The molecule has 4 aromatic rings. The number of carbonyl (C=O) groups excluding carboxylic acids is 3. The first-order chi connectivity index (χ1) is 19.3. The zero-order valence-corrected chi connectivity index (χ0v) is 21.8. The fourth-order valence-corrected chi connectivity index (χ4v) is 4.19. The summed E-state index contributed by atoms with van der Waals surface area (Å²) < 4.78 is 15.8. The first-order valence-corrected chi connectivity index (χ1v) is 12.5. The lowest BCUT2D eigenvalue weighted by Gasteiger charge is -2.22. The fraction of sp³-hybridized carbons (Fsp3) is 0.200. The quantitative estimate of drug-likeness (QED) is 0.246. The largest absolute Gasteiger partial charge is 0.497 e. The molecular weight excluding hydrogens is 514 g/mol.